The van der Waals surface area contributed by atoms with E-state index in [1.807, 2.05) is 20.8 Å². The van der Waals surface area contributed by atoms with Crippen LogP contribution >= 0.6 is 0 Å². The Kier molecular flexibility index (Phi) is 3.51. The van der Waals surface area contributed by atoms with Gasteiger partial charge in [0.25, 0.3) is 5.69 Å². The number of carbonyl (C=O) groups is 1. The van der Waals surface area contributed by atoms with Crippen molar-refractivity contribution in [3.05, 3.63) is 51.8 Å². The van der Waals surface area contributed by atoms with E-state index in [0.717, 1.165) is 0 Å². The highest BCUT2D eigenvalue weighted by atomic mass is 16.6. The third-order valence-electron chi connectivity index (χ3n) is 3.00. The van der Waals surface area contributed by atoms with Gasteiger partial charge in [-0.25, -0.2) is 9.48 Å². The number of aromatic carboxylic acids is 1. The van der Waals surface area contributed by atoms with Gasteiger partial charge in [-0.15, -0.1) is 0 Å². The zero-order valence-corrected chi connectivity index (χ0v) is 11.9. The number of benzene rings is 1. The second-order valence-corrected chi connectivity index (χ2v) is 5.66. The standard InChI is InChI=1S/C14H15N3O4/c1-14(2,3)12-8-11(13(18)19)15-16(12)9-4-6-10(7-5-9)17(20)21/h4-8H,1-3H3,(H,18,19). The molecule has 1 heterocycles. The molecule has 21 heavy (non-hydrogen) atoms. The topological polar surface area (TPSA) is 98.3 Å². The first-order chi connectivity index (χ1) is 9.70. The molecule has 110 valence electrons. The van der Waals surface area contributed by atoms with Crippen LogP contribution in [-0.4, -0.2) is 25.8 Å². The summed E-state index contributed by atoms with van der Waals surface area (Å²) in [6.45, 7) is 5.83. The van der Waals surface area contributed by atoms with Gasteiger partial charge in [0.15, 0.2) is 5.69 Å². The summed E-state index contributed by atoms with van der Waals surface area (Å²) in [5.74, 6) is -1.11. The summed E-state index contributed by atoms with van der Waals surface area (Å²) >= 11 is 0. The monoisotopic (exact) mass is 289 g/mol. The number of non-ortho nitro benzene ring substituents is 1. The van der Waals surface area contributed by atoms with Gasteiger partial charge in [0.05, 0.1) is 16.3 Å². The van der Waals surface area contributed by atoms with Gasteiger partial charge >= 0.3 is 5.97 Å². The molecule has 7 nitrogen and oxygen atoms in total. The third kappa shape index (κ3) is 2.91. The van der Waals surface area contributed by atoms with E-state index in [0.29, 0.717) is 11.4 Å². The van der Waals surface area contributed by atoms with Crippen LogP contribution in [-0.2, 0) is 5.41 Å². The minimum Gasteiger partial charge on any atom is -0.476 e. The van der Waals surface area contributed by atoms with Crippen LogP contribution < -0.4 is 0 Å². The van der Waals surface area contributed by atoms with Crippen LogP contribution in [0.25, 0.3) is 5.69 Å². The number of aromatic nitrogens is 2. The summed E-state index contributed by atoms with van der Waals surface area (Å²) in [4.78, 5) is 21.3. The summed E-state index contributed by atoms with van der Waals surface area (Å²) in [5, 5.41) is 23.8. The number of nitro groups is 1. The lowest BCUT2D eigenvalue weighted by Gasteiger charge is -2.20. The molecule has 0 atom stereocenters. The number of rotatable bonds is 3. The van der Waals surface area contributed by atoms with E-state index < -0.39 is 10.9 Å². The van der Waals surface area contributed by atoms with Crippen molar-refractivity contribution in [1.29, 1.82) is 0 Å². The van der Waals surface area contributed by atoms with Crippen molar-refractivity contribution in [2.45, 2.75) is 26.2 Å². The Balaban J connectivity index is 2.56. The Bertz CT molecular complexity index is 696. The fraction of sp³-hybridized carbons (Fsp3) is 0.286. The number of nitro benzene ring substituents is 1. The van der Waals surface area contributed by atoms with Crippen LogP contribution in [0.2, 0.25) is 0 Å². The van der Waals surface area contributed by atoms with Crippen molar-refractivity contribution in [2.24, 2.45) is 0 Å². The molecule has 1 aromatic heterocycles. The second kappa shape index (κ2) is 5.01. The number of carboxylic acids is 1. The van der Waals surface area contributed by atoms with Gasteiger partial charge in [0.2, 0.25) is 0 Å². The van der Waals surface area contributed by atoms with Crippen LogP contribution in [0, 0.1) is 10.1 Å². The Hall–Kier alpha value is -2.70. The lowest BCUT2D eigenvalue weighted by Crippen LogP contribution is -2.17. The highest BCUT2D eigenvalue weighted by molar-refractivity contribution is 5.85. The predicted molar refractivity (Wildman–Crippen MR) is 75.9 cm³/mol. The molecule has 0 bridgehead atoms. The molecule has 0 aliphatic heterocycles. The number of carboxylic acid groups (broad SMARTS) is 1. The Morgan fingerprint density at radius 3 is 2.29 bits per heavy atom. The van der Waals surface area contributed by atoms with E-state index in [4.69, 9.17) is 5.11 Å². The van der Waals surface area contributed by atoms with Crippen molar-refractivity contribution in [3.63, 3.8) is 0 Å². The fourth-order valence-electron chi connectivity index (χ4n) is 1.93. The molecule has 0 saturated carbocycles. The van der Waals surface area contributed by atoms with Crippen molar-refractivity contribution >= 4 is 11.7 Å². The van der Waals surface area contributed by atoms with Crippen LogP contribution in [0.5, 0.6) is 0 Å². The maximum Gasteiger partial charge on any atom is 0.356 e. The molecular formula is C14H15N3O4. The van der Waals surface area contributed by atoms with Gasteiger partial charge in [0.1, 0.15) is 0 Å². The van der Waals surface area contributed by atoms with Gasteiger partial charge in [-0.2, -0.15) is 5.10 Å². The van der Waals surface area contributed by atoms with Crippen molar-refractivity contribution in [1.82, 2.24) is 9.78 Å². The van der Waals surface area contributed by atoms with Gasteiger partial charge in [-0.3, -0.25) is 10.1 Å². The van der Waals surface area contributed by atoms with E-state index in [1.54, 1.807) is 12.1 Å². The average Bonchev–Trinajstić information content (AvgIpc) is 2.84. The fourth-order valence-corrected chi connectivity index (χ4v) is 1.93. The highest BCUT2D eigenvalue weighted by Crippen LogP contribution is 2.26. The minimum absolute atomic E-state index is 0.0262. The predicted octanol–water partition coefficient (Wildman–Crippen LogP) is 2.78. The number of hydrogen-bond acceptors (Lipinski definition) is 4. The van der Waals surface area contributed by atoms with Gasteiger partial charge in [-0.1, -0.05) is 20.8 Å². The summed E-state index contributed by atoms with van der Waals surface area (Å²) in [5.41, 5.74) is 0.898. The molecule has 2 aromatic rings. The lowest BCUT2D eigenvalue weighted by atomic mass is 9.91. The quantitative estimate of drug-likeness (QED) is 0.692. The van der Waals surface area contributed by atoms with Crippen molar-refractivity contribution < 1.29 is 14.8 Å². The molecule has 0 unspecified atom stereocenters. The smallest absolute Gasteiger partial charge is 0.356 e. The van der Waals surface area contributed by atoms with E-state index in [1.165, 1.54) is 22.9 Å². The molecule has 7 heteroatoms. The first kappa shape index (κ1) is 14.7. The van der Waals surface area contributed by atoms with E-state index in [-0.39, 0.29) is 16.8 Å². The molecule has 0 aliphatic carbocycles. The van der Waals surface area contributed by atoms with E-state index >= 15 is 0 Å². The first-order valence-electron chi connectivity index (χ1n) is 6.29. The zero-order chi connectivity index (χ0) is 15.8. The highest BCUT2D eigenvalue weighted by Gasteiger charge is 2.24. The largest absolute Gasteiger partial charge is 0.476 e. The van der Waals surface area contributed by atoms with E-state index in [9.17, 15) is 14.9 Å². The molecule has 2 rings (SSSR count). The molecule has 1 N–H and O–H groups in total. The van der Waals surface area contributed by atoms with Crippen LogP contribution in [0.15, 0.2) is 30.3 Å². The maximum absolute atomic E-state index is 11.1. The van der Waals surface area contributed by atoms with Crippen molar-refractivity contribution in [3.8, 4) is 5.69 Å². The molecular weight excluding hydrogens is 274 g/mol. The molecule has 0 spiro atoms. The number of hydrogen-bond donors (Lipinski definition) is 1. The summed E-state index contributed by atoms with van der Waals surface area (Å²) < 4.78 is 1.51. The number of nitrogens with zero attached hydrogens (tertiary/aromatic N) is 3. The Morgan fingerprint density at radius 2 is 1.86 bits per heavy atom. The molecule has 0 fully saturated rings. The van der Waals surface area contributed by atoms with Crippen LogP contribution in [0.4, 0.5) is 5.69 Å². The van der Waals surface area contributed by atoms with Crippen LogP contribution in [0.1, 0.15) is 37.0 Å². The summed E-state index contributed by atoms with van der Waals surface area (Å²) in [6, 6.07) is 7.34. The van der Waals surface area contributed by atoms with Crippen molar-refractivity contribution in [2.75, 3.05) is 0 Å². The molecule has 0 saturated heterocycles. The third-order valence-corrected chi connectivity index (χ3v) is 3.00. The molecule has 0 amide bonds. The maximum atomic E-state index is 11.1. The normalized spacial score (nSPS) is 11.4. The summed E-state index contributed by atoms with van der Waals surface area (Å²) in [6.07, 6.45) is 0. The minimum atomic E-state index is -1.11. The van der Waals surface area contributed by atoms with Gasteiger partial charge in [-0.05, 0) is 18.2 Å². The molecule has 1 aromatic carbocycles. The van der Waals surface area contributed by atoms with Gasteiger partial charge < -0.3 is 5.11 Å². The van der Waals surface area contributed by atoms with E-state index in [2.05, 4.69) is 5.10 Å². The van der Waals surface area contributed by atoms with Crippen LogP contribution in [0.3, 0.4) is 0 Å². The summed E-state index contributed by atoms with van der Waals surface area (Å²) in [7, 11) is 0. The molecule has 0 aliphatic rings. The van der Waals surface area contributed by atoms with Gasteiger partial charge in [0, 0.05) is 17.5 Å². The lowest BCUT2D eigenvalue weighted by molar-refractivity contribution is -0.384. The molecule has 0 radical (unpaired) electrons. The Labute approximate surface area is 121 Å². The zero-order valence-electron chi connectivity index (χ0n) is 11.9. The SMILES string of the molecule is CC(C)(C)c1cc(C(=O)O)nn1-c1ccc([N+](=O)[O-])cc1. The average molecular weight is 289 g/mol. The second-order valence-electron chi connectivity index (χ2n) is 5.66. The Morgan fingerprint density at radius 1 is 1.29 bits per heavy atom. The first-order valence-corrected chi connectivity index (χ1v) is 6.29.